The quantitative estimate of drug-likeness (QED) is 0.727. The van der Waals surface area contributed by atoms with E-state index in [4.69, 9.17) is 0 Å². The van der Waals surface area contributed by atoms with E-state index >= 15 is 0 Å². The Labute approximate surface area is 79.7 Å². The zero-order valence-electron chi connectivity index (χ0n) is 6.60. The van der Waals surface area contributed by atoms with Crippen LogP contribution in [0.1, 0.15) is 11.3 Å². The van der Waals surface area contributed by atoms with E-state index in [1.54, 1.807) is 11.8 Å². The van der Waals surface area contributed by atoms with Crippen molar-refractivity contribution in [1.82, 2.24) is 4.98 Å². The van der Waals surface area contributed by atoms with Gasteiger partial charge in [0, 0.05) is 11.4 Å². The molecule has 0 radical (unpaired) electrons. The van der Waals surface area contributed by atoms with Crippen LogP contribution < -0.4 is 0 Å². The SMILES string of the molecule is CSCc1ccc(C)nc1Br. The molecule has 0 aliphatic carbocycles. The number of hydrogen-bond acceptors (Lipinski definition) is 2. The van der Waals surface area contributed by atoms with Crippen molar-refractivity contribution in [2.75, 3.05) is 6.26 Å². The third-order valence-corrected chi connectivity index (χ3v) is 2.65. The van der Waals surface area contributed by atoms with Gasteiger partial charge in [-0.25, -0.2) is 4.98 Å². The largest absolute Gasteiger partial charge is 0.246 e. The summed E-state index contributed by atoms with van der Waals surface area (Å²) >= 11 is 5.23. The molecule has 0 fully saturated rings. The average molecular weight is 232 g/mol. The van der Waals surface area contributed by atoms with E-state index in [2.05, 4.69) is 33.2 Å². The minimum atomic E-state index is 0.979. The number of thioether (sulfide) groups is 1. The Hall–Kier alpha value is -0.0200. The lowest BCUT2D eigenvalue weighted by molar-refractivity contribution is 1.13. The molecule has 0 bridgehead atoms. The molecule has 1 heterocycles. The summed E-state index contributed by atoms with van der Waals surface area (Å²) in [6.07, 6.45) is 2.09. The van der Waals surface area contributed by atoms with Gasteiger partial charge in [0.15, 0.2) is 0 Å². The standard InChI is InChI=1S/C8H10BrNS/c1-6-3-4-7(5-11-2)8(9)10-6/h3-4H,5H2,1-2H3. The van der Waals surface area contributed by atoms with E-state index in [0.29, 0.717) is 0 Å². The fraction of sp³-hybridized carbons (Fsp3) is 0.375. The van der Waals surface area contributed by atoms with Crippen LogP contribution in [-0.4, -0.2) is 11.2 Å². The van der Waals surface area contributed by atoms with E-state index in [-0.39, 0.29) is 0 Å². The molecule has 1 rings (SSSR count). The molecule has 3 heteroatoms. The van der Waals surface area contributed by atoms with Gasteiger partial charge in [-0.15, -0.1) is 0 Å². The number of pyridine rings is 1. The first kappa shape index (κ1) is 9.07. The maximum absolute atomic E-state index is 4.30. The van der Waals surface area contributed by atoms with Gasteiger partial charge in [0.1, 0.15) is 4.60 Å². The fourth-order valence-electron chi connectivity index (χ4n) is 0.817. The Morgan fingerprint density at radius 3 is 2.82 bits per heavy atom. The lowest BCUT2D eigenvalue weighted by Crippen LogP contribution is -1.88. The van der Waals surface area contributed by atoms with Crippen LogP contribution in [-0.2, 0) is 5.75 Å². The Balaban J connectivity index is 2.90. The van der Waals surface area contributed by atoms with Gasteiger partial charge in [0.25, 0.3) is 0 Å². The molecule has 1 aromatic rings. The first-order valence-electron chi connectivity index (χ1n) is 3.35. The highest BCUT2D eigenvalue weighted by atomic mass is 79.9. The van der Waals surface area contributed by atoms with Gasteiger partial charge in [0.2, 0.25) is 0 Å². The molecular weight excluding hydrogens is 222 g/mol. The third kappa shape index (κ3) is 2.49. The van der Waals surface area contributed by atoms with Crippen molar-refractivity contribution in [3.63, 3.8) is 0 Å². The van der Waals surface area contributed by atoms with Crippen LogP contribution in [0.15, 0.2) is 16.7 Å². The van der Waals surface area contributed by atoms with E-state index in [0.717, 1.165) is 16.0 Å². The Morgan fingerprint density at radius 1 is 1.55 bits per heavy atom. The molecule has 0 saturated heterocycles. The zero-order chi connectivity index (χ0) is 8.27. The Bertz CT molecular complexity index is 250. The number of hydrogen-bond donors (Lipinski definition) is 0. The summed E-state index contributed by atoms with van der Waals surface area (Å²) in [6.45, 7) is 1.99. The first-order chi connectivity index (χ1) is 5.24. The van der Waals surface area contributed by atoms with Crippen molar-refractivity contribution in [1.29, 1.82) is 0 Å². The second-order valence-corrected chi connectivity index (χ2v) is 3.95. The normalized spacial score (nSPS) is 10.1. The van der Waals surface area contributed by atoms with Crippen LogP contribution in [0.4, 0.5) is 0 Å². The first-order valence-corrected chi connectivity index (χ1v) is 5.53. The monoisotopic (exact) mass is 231 g/mol. The van der Waals surface area contributed by atoms with Crippen molar-refractivity contribution in [3.8, 4) is 0 Å². The van der Waals surface area contributed by atoms with Crippen LogP contribution >= 0.6 is 27.7 Å². The lowest BCUT2D eigenvalue weighted by Gasteiger charge is -2.01. The summed E-state index contributed by atoms with van der Waals surface area (Å²) in [5.74, 6) is 1.02. The number of halogens is 1. The van der Waals surface area contributed by atoms with Crippen molar-refractivity contribution in [3.05, 3.63) is 28.0 Å². The van der Waals surface area contributed by atoms with Crippen LogP contribution in [0.5, 0.6) is 0 Å². The molecule has 0 atom stereocenters. The highest BCUT2D eigenvalue weighted by Crippen LogP contribution is 2.18. The average Bonchev–Trinajstić information content (AvgIpc) is 1.95. The van der Waals surface area contributed by atoms with Gasteiger partial charge in [0.05, 0.1) is 0 Å². The number of aryl methyl sites for hydroxylation is 1. The maximum Gasteiger partial charge on any atom is 0.110 e. The number of aromatic nitrogens is 1. The summed E-state index contributed by atoms with van der Waals surface area (Å²) in [7, 11) is 0. The van der Waals surface area contributed by atoms with Crippen molar-refractivity contribution >= 4 is 27.7 Å². The molecule has 0 spiro atoms. The minimum absolute atomic E-state index is 0.979. The summed E-state index contributed by atoms with van der Waals surface area (Å²) in [5, 5.41) is 0. The second kappa shape index (κ2) is 4.12. The summed E-state index contributed by atoms with van der Waals surface area (Å²) in [5.41, 5.74) is 2.32. The molecule has 0 aliphatic heterocycles. The molecule has 0 saturated carbocycles. The topological polar surface area (TPSA) is 12.9 Å². The zero-order valence-corrected chi connectivity index (χ0v) is 9.00. The van der Waals surface area contributed by atoms with Crippen LogP contribution in [0.25, 0.3) is 0 Å². The highest BCUT2D eigenvalue weighted by molar-refractivity contribution is 9.10. The summed E-state index contributed by atoms with van der Waals surface area (Å²) in [4.78, 5) is 4.30. The van der Waals surface area contributed by atoms with Gasteiger partial charge in [-0.2, -0.15) is 11.8 Å². The molecular formula is C8H10BrNS. The Kier molecular flexibility index (Phi) is 3.40. The number of rotatable bonds is 2. The molecule has 0 N–H and O–H groups in total. The lowest BCUT2D eigenvalue weighted by atomic mass is 10.3. The smallest absolute Gasteiger partial charge is 0.110 e. The van der Waals surface area contributed by atoms with Gasteiger partial charge in [-0.3, -0.25) is 0 Å². The summed E-state index contributed by atoms with van der Waals surface area (Å²) < 4.78 is 0.979. The molecule has 1 aromatic heterocycles. The van der Waals surface area contributed by atoms with Gasteiger partial charge in [-0.1, -0.05) is 6.07 Å². The minimum Gasteiger partial charge on any atom is -0.246 e. The van der Waals surface area contributed by atoms with Crippen LogP contribution in [0.2, 0.25) is 0 Å². The van der Waals surface area contributed by atoms with Crippen molar-refractivity contribution < 1.29 is 0 Å². The van der Waals surface area contributed by atoms with Crippen LogP contribution in [0, 0.1) is 6.92 Å². The predicted molar refractivity (Wildman–Crippen MR) is 53.9 cm³/mol. The number of nitrogens with zero attached hydrogens (tertiary/aromatic N) is 1. The van der Waals surface area contributed by atoms with E-state index < -0.39 is 0 Å². The predicted octanol–water partition coefficient (Wildman–Crippen LogP) is 3.02. The van der Waals surface area contributed by atoms with Crippen LogP contribution in [0.3, 0.4) is 0 Å². The van der Waals surface area contributed by atoms with Gasteiger partial charge < -0.3 is 0 Å². The van der Waals surface area contributed by atoms with E-state index in [1.165, 1.54) is 5.56 Å². The fourth-order valence-corrected chi connectivity index (χ4v) is 2.10. The van der Waals surface area contributed by atoms with Crippen molar-refractivity contribution in [2.24, 2.45) is 0 Å². The molecule has 0 aliphatic rings. The van der Waals surface area contributed by atoms with E-state index in [1.807, 2.05) is 13.0 Å². The Morgan fingerprint density at radius 2 is 2.27 bits per heavy atom. The second-order valence-electron chi connectivity index (χ2n) is 2.34. The molecule has 11 heavy (non-hydrogen) atoms. The summed E-state index contributed by atoms with van der Waals surface area (Å²) in [6, 6.07) is 4.15. The molecule has 60 valence electrons. The molecule has 0 unspecified atom stereocenters. The maximum atomic E-state index is 4.30. The van der Waals surface area contributed by atoms with E-state index in [9.17, 15) is 0 Å². The van der Waals surface area contributed by atoms with Crippen molar-refractivity contribution in [2.45, 2.75) is 12.7 Å². The molecule has 1 nitrogen and oxygen atoms in total. The van der Waals surface area contributed by atoms with Gasteiger partial charge in [-0.05, 0) is 40.7 Å². The molecule has 0 aromatic carbocycles. The molecule has 0 amide bonds. The van der Waals surface area contributed by atoms with Gasteiger partial charge >= 0.3 is 0 Å². The third-order valence-electron chi connectivity index (χ3n) is 1.37. The highest BCUT2D eigenvalue weighted by Gasteiger charge is 1.98.